The van der Waals surface area contributed by atoms with Crippen molar-refractivity contribution in [1.82, 2.24) is 0 Å². The number of hydrogen-bond acceptors (Lipinski definition) is 5. The molecule has 0 spiro atoms. The summed E-state index contributed by atoms with van der Waals surface area (Å²) >= 11 is 1.75. The van der Waals surface area contributed by atoms with E-state index in [1.807, 2.05) is 13.8 Å². The number of thioether (sulfide) groups is 1. The maximum absolute atomic E-state index is 12.2. The molecule has 31 heavy (non-hydrogen) atoms. The second-order valence-electron chi connectivity index (χ2n) is 8.75. The molecule has 0 aromatic heterocycles. The first-order valence-electron chi connectivity index (χ1n) is 10.9. The second kappa shape index (κ2) is 9.66. The van der Waals surface area contributed by atoms with Gasteiger partial charge in [0.15, 0.2) is 5.60 Å². The van der Waals surface area contributed by atoms with E-state index >= 15 is 0 Å². The summed E-state index contributed by atoms with van der Waals surface area (Å²) in [4.78, 5) is 13.5. The van der Waals surface area contributed by atoms with Crippen LogP contribution in [0.5, 0.6) is 5.75 Å². The number of esters is 1. The summed E-state index contributed by atoms with van der Waals surface area (Å²) in [7, 11) is 1.80. The number of hydrogen-bond donors (Lipinski definition) is 0. The highest BCUT2D eigenvalue weighted by molar-refractivity contribution is 7.98. The Kier molecular flexibility index (Phi) is 7.38. The summed E-state index contributed by atoms with van der Waals surface area (Å²) in [6, 6.07) is 13.1. The monoisotopic (exact) mass is 442 g/mol. The summed E-state index contributed by atoms with van der Waals surface area (Å²) in [5, 5.41) is 0. The van der Waals surface area contributed by atoms with Crippen molar-refractivity contribution in [1.29, 1.82) is 0 Å². The molecule has 2 aromatic carbocycles. The lowest BCUT2D eigenvalue weighted by molar-refractivity contribution is -0.158. The highest BCUT2D eigenvalue weighted by atomic mass is 32.2. The van der Waals surface area contributed by atoms with Crippen molar-refractivity contribution in [2.45, 2.75) is 63.6 Å². The second-order valence-corrected chi connectivity index (χ2v) is 9.63. The van der Waals surface area contributed by atoms with Crippen molar-refractivity contribution in [3.63, 3.8) is 0 Å². The summed E-state index contributed by atoms with van der Waals surface area (Å²) < 4.78 is 17.2. The largest absolute Gasteiger partial charge is 0.476 e. The van der Waals surface area contributed by atoms with Gasteiger partial charge in [-0.3, -0.25) is 0 Å². The van der Waals surface area contributed by atoms with Gasteiger partial charge in [0.1, 0.15) is 5.75 Å². The maximum Gasteiger partial charge on any atom is 0.349 e. The van der Waals surface area contributed by atoms with E-state index in [0.29, 0.717) is 18.4 Å². The quantitative estimate of drug-likeness (QED) is 0.340. The van der Waals surface area contributed by atoms with Crippen LogP contribution in [0.25, 0.3) is 0 Å². The van der Waals surface area contributed by atoms with E-state index in [4.69, 9.17) is 14.2 Å². The van der Waals surface area contributed by atoms with Gasteiger partial charge in [0.25, 0.3) is 0 Å². The third-order valence-electron chi connectivity index (χ3n) is 5.96. The lowest BCUT2D eigenvalue weighted by Gasteiger charge is -2.26. The molecule has 0 heterocycles. The molecule has 168 valence electrons. The Morgan fingerprint density at radius 3 is 2.29 bits per heavy atom. The van der Waals surface area contributed by atoms with Crippen LogP contribution in [-0.2, 0) is 14.3 Å². The van der Waals surface area contributed by atoms with Crippen LogP contribution in [0.1, 0.15) is 61.5 Å². The number of ether oxygens (including phenoxy) is 3. The Hall–Kier alpha value is -1.98. The summed E-state index contributed by atoms with van der Waals surface area (Å²) in [6.45, 7) is 9.72. The average Bonchev–Trinajstić information content (AvgIpc) is 3.52. The first kappa shape index (κ1) is 23.7. The highest BCUT2D eigenvalue weighted by Gasteiger charge is 2.45. The molecule has 1 fully saturated rings. The van der Waals surface area contributed by atoms with E-state index in [1.165, 1.54) is 16.0 Å². The van der Waals surface area contributed by atoms with Gasteiger partial charge in [0, 0.05) is 12.0 Å². The Morgan fingerprint density at radius 2 is 1.77 bits per heavy atom. The standard InChI is InChI=1S/C26H34O4S/c1-8-29-25(27)26(4,5)30-23-16(2)13-19(14-17(23)3)21-15-22(21)24(28-6)18-9-11-20(31-7)12-10-18/h9-14,21-22,24H,8,15H2,1-7H3. The van der Waals surface area contributed by atoms with Gasteiger partial charge in [-0.25, -0.2) is 4.79 Å². The molecule has 0 N–H and O–H groups in total. The molecule has 1 aliphatic rings. The molecule has 1 aliphatic carbocycles. The number of rotatable bonds is 9. The Morgan fingerprint density at radius 1 is 1.16 bits per heavy atom. The van der Waals surface area contributed by atoms with Gasteiger partial charge in [-0.1, -0.05) is 24.3 Å². The molecule has 2 aromatic rings. The minimum Gasteiger partial charge on any atom is -0.476 e. The summed E-state index contributed by atoms with van der Waals surface area (Å²) in [5.41, 5.74) is 3.59. The van der Waals surface area contributed by atoms with E-state index in [2.05, 4.69) is 42.7 Å². The molecule has 1 saturated carbocycles. The predicted octanol–water partition coefficient (Wildman–Crippen LogP) is 6.24. The number of methoxy groups -OCH3 is 1. The normalized spacial score (nSPS) is 19.1. The van der Waals surface area contributed by atoms with Crippen LogP contribution in [0.15, 0.2) is 41.3 Å². The number of aryl methyl sites for hydroxylation is 2. The molecule has 3 atom stereocenters. The zero-order valence-electron chi connectivity index (χ0n) is 19.7. The molecule has 3 unspecified atom stereocenters. The van der Waals surface area contributed by atoms with Crippen molar-refractivity contribution in [2.75, 3.05) is 20.0 Å². The minimum atomic E-state index is -1.03. The topological polar surface area (TPSA) is 44.8 Å². The minimum absolute atomic E-state index is 0.0974. The molecule has 0 radical (unpaired) electrons. The number of carbonyl (C=O) groups excluding carboxylic acids is 1. The van der Waals surface area contributed by atoms with Crippen molar-refractivity contribution in [2.24, 2.45) is 5.92 Å². The SMILES string of the molecule is CCOC(=O)C(C)(C)Oc1c(C)cc(C2CC2C(OC)c2ccc(SC)cc2)cc1C. The molecule has 0 saturated heterocycles. The lowest BCUT2D eigenvalue weighted by atomic mass is 9.98. The van der Waals surface area contributed by atoms with E-state index in [9.17, 15) is 4.79 Å². The van der Waals surface area contributed by atoms with Gasteiger partial charge in [-0.2, -0.15) is 0 Å². The van der Waals surface area contributed by atoms with Gasteiger partial charge in [-0.05, 0) is 93.5 Å². The van der Waals surface area contributed by atoms with Crippen LogP contribution in [-0.4, -0.2) is 31.5 Å². The molecule has 5 heteroatoms. The van der Waals surface area contributed by atoms with Crippen molar-refractivity contribution in [3.05, 3.63) is 58.7 Å². The van der Waals surface area contributed by atoms with Gasteiger partial charge >= 0.3 is 5.97 Å². The summed E-state index contributed by atoms with van der Waals surface area (Å²) in [5.74, 6) is 1.34. The van der Waals surface area contributed by atoms with Crippen LogP contribution in [0.2, 0.25) is 0 Å². The Balaban J connectivity index is 1.76. The van der Waals surface area contributed by atoms with E-state index < -0.39 is 5.60 Å². The fourth-order valence-electron chi connectivity index (χ4n) is 4.24. The van der Waals surface area contributed by atoms with Crippen LogP contribution >= 0.6 is 11.8 Å². The van der Waals surface area contributed by atoms with Crippen LogP contribution in [0.4, 0.5) is 0 Å². The maximum atomic E-state index is 12.2. The molecule has 3 rings (SSSR count). The number of benzene rings is 2. The van der Waals surface area contributed by atoms with E-state index in [-0.39, 0.29) is 12.1 Å². The van der Waals surface area contributed by atoms with Gasteiger partial charge in [-0.15, -0.1) is 11.8 Å². The molecule has 0 aliphatic heterocycles. The molecule has 0 amide bonds. The smallest absolute Gasteiger partial charge is 0.349 e. The molecular weight excluding hydrogens is 408 g/mol. The first-order valence-corrected chi connectivity index (χ1v) is 12.1. The third-order valence-corrected chi connectivity index (χ3v) is 6.71. The lowest BCUT2D eigenvalue weighted by Crippen LogP contribution is -2.40. The van der Waals surface area contributed by atoms with E-state index in [1.54, 1.807) is 39.6 Å². The van der Waals surface area contributed by atoms with Crippen LogP contribution < -0.4 is 4.74 Å². The van der Waals surface area contributed by atoms with Crippen LogP contribution in [0.3, 0.4) is 0 Å². The first-order chi connectivity index (χ1) is 14.7. The fourth-order valence-corrected chi connectivity index (χ4v) is 4.65. The molecular formula is C26H34O4S. The van der Waals surface area contributed by atoms with Gasteiger partial charge < -0.3 is 14.2 Å². The van der Waals surface area contributed by atoms with E-state index in [0.717, 1.165) is 23.3 Å². The highest BCUT2D eigenvalue weighted by Crippen LogP contribution is 2.56. The van der Waals surface area contributed by atoms with Gasteiger partial charge in [0.2, 0.25) is 0 Å². The zero-order chi connectivity index (χ0) is 22.8. The van der Waals surface area contributed by atoms with Crippen molar-refractivity contribution < 1.29 is 19.0 Å². The van der Waals surface area contributed by atoms with Crippen LogP contribution in [0, 0.1) is 19.8 Å². The molecule has 0 bridgehead atoms. The summed E-state index contributed by atoms with van der Waals surface area (Å²) in [6.07, 6.45) is 3.29. The third kappa shape index (κ3) is 5.27. The number of carbonyl (C=O) groups is 1. The zero-order valence-corrected chi connectivity index (χ0v) is 20.5. The Bertz CT molecular complexity index is 896. The van der Waals surface area contributed by atoms with Crippen molar-refractivity contribution in [3.8, 4) is 5.75 Å². The fraction of sp³-hybridized carbons (Fsp3) is 0.500. The Labute approximate surface area is 190 Å². The molecule has 4 nitrogen and oxygen atoms in total. The van der Waals surface area contributed by atoms with Crippen molar-refractivity contribution >= 4 is 17.7 Å². The predicted molar refractivity (Wildman–Crippen MR) is 126 cm³/mol. The van der Waals surface area contributed by atoms with Gasteiger partial charge in [0.05, 0.1) is 12.7 Å². The average molecular weight is 443 g/mol.